The normalized spacial score (nSPS) is 12.5. The highest BCUT2D eigenvalue weighted by Crippen LogP contribution is 2.28. The molecule has 0 unspecified atom stereocenters. The highest BCUT2D eigenvalue weighted by molar-refractivity contribution is 6.13. The van der Waals surface area contributed by atoms with Crippen molar-refractivity contribution in [2.24, 2.45) is 0 Å². The van der Waals surface area contributed by atoms with Crippen LogP contribution in [0.2, 0.25) is 0 Å². The predicted molar refractivity (Wildman–Crippen MR) is 47.6 cm³/mol. The van der Waals surface area contributed by atoms with E-state index in [1.54, 1.807) is 0 Å². The van der Waals surface area contributed by atoms with Crippen LogP contribution in [-0.2, 0) is 0 Å². The molecule has 2 N–H and O–H groups in total. The first-order valence-corrected chi connectivity index (χ1v) is 3.83. The van der Waals surface area contributed by atoms with Gasteiger partial charge in [0.25, 0.3) is 0 Å². The van der Waals surface area contributed by atoms with E-state index in [0.717, 1.165) is 11.5 Å². The van der Waals surface area contributed by atoms with Crippen LogP contribution in [0.1, 0.15) is 0 Å². The van der Waals surface area contributed by atoms with E-state index in [0.29, 0.717) is 13.2 Å². The van der Waals surface area contributed by atoms with Crippen molar-refractivity contribution in [2.45, 2.75) is 0 Å². The third kappa shape index (κ3) is 2.97. The van der Waals surface area contributed by atoms with Crippen LogP contribution in [0.5, 0.6) is 11.5 Å². The minimum absolute atomic E-state index is 0. The SMILES string of the molecule is O[B]O.c1ccc2c(c1)OCCO2. The molecule has 0 bridgehead atoms. The van der Waals surface area contributed by atoms with Crippen LogP contribution in [0.4, 0.5) is 0 Å². The lowest BCUT2D eigenvalue weighted by atomic mass is 10.3. The quantitative estimate of drug-likeness (QED) is 0.551. The second-order valence-corrected chi connectivity index (χ2v) is 2.26. The van der Waals surface area contributed by atoms with Gasteiger partial charge in [-0.1, -0.05) is 12.1 Å². The molecular formula is C8H10BO4. The van der Waals surface area contributed by atoms with Gasteiger partial charge in [0.1, 0.15) is 13.2 Å². The first kappa shape index (κ1) is 9.89. The molecule has 1 radical (unpaired) electrons. The molecule has 4 nitrogen and oxygen atoms in total. The molecule has 0 fully saturated rings. The van der Waals surface area contributed by atoms with E-state index < -0.39 is 0 Å². The average Bonchev–Trinajstić information content (AvgIpc) is 2.19. The van der Waals surface area contributed by atoms with Gasteiger partial charge in [0.2, 0.25) is 0 Å². The van der Waals surface area contributed by atoms with Crippen LogP contribution in [0.3, 0.4) is 0 Å². The summed E-state index contributed by atoms with van der Waals surface area (Å²) in [5.41, 5.74) is 0. The summed E-state index contributed by atoms with van der Waals surface area (Å²) in [6, 6.07) is 7.70. The van der Waals surface area contributed by atoms with Crippen LogP contribution in [0, 0.1) is 0 Å². The van der Waals surface area contributed by atoms with Crippen molar-refractivity contribution < 1.29 is 19.5 Å². The summed E-state index contributed by atoms with van der Waals surface area (Å²) in [6.07, 6.45) is 0. The van der Waals surface area contributed by atoms with Crippen molar-refractivity contribution in [2.75, 3.05) is 13.2 Å². The summed E-state index contributed by atoms with van der Waals surface area (Å²) in [5.74, 6) is 1.71. The molecule has 2 rings (SSSR count). The van der Waals surface area contributed by atoms with Gasteiger partial charge in [0.15, 0.2) is 11.5 Å². The lowest BCUT2D eigenvalue weighted by molar-refractivity contribution is 0.171. The van der Waals surface area contributed by atoms with Crippen LogP contribution in [0.15, 0.2) is 24.3 Å². The highest BCUT2D eigenvalue weighted by atomic mass is 16.6. The van der Waals surface area contributed by atoms with E-state index in [2.05, 4.69) is 0 Å². The van der Waals surface area contributed by atoms with Crippen molar-refractivity contribution in [3.8, 4) is 11.5 Å². The fourth-order valence-corrected chi connectivity index (χ4v) is 0.992. The number of benzene rings is 1. The Morgan fingerprint density at radius 1 is 1.00 bits per heavy atom. The van der Waals surface area contributed by atoms with Gasteiger partial charge in [0.05, 0.1) is 0 Å². The molecular weight excluding hydrogens is 171 g/mol. The van der Waals surface area contributed by atoms with Crippen LogP contribution >= 0.6 is 0 Å². The molecule has 1 aromatic rings. The lowest BCUT2D eigenvalue weighted by Gasteiger charge is -2.17. The average molecular weight is 181 g/mol. The van der Waals surface area contributed by atoms with Crippen LogP contribution in [-0.4, -0.2) is 30.9 Å². The Hall–Kier alpha value is -1.20. The number of ether oxygens (including phenoxy) is 2. The van der Waals surface area contributed by atoms with Crippen LogP contribution in [0.25, 0.3) is 0 Å². The van der Waals surface area contributed by atoms with Crippen LogP contribution < -0.4 is 9.47 Å². The zero-order valence-electron chi connectivity index (χ0n) is 7.01. The van der Waals surface area contributed by atoms with Gasteiger partial charge in [0, 0.05) is 0 Å². The van der Waals surface area contributed by atoms with E-state index in [4.69, 9.17) is 19.5 Å². The third-order valence-corrected chi connectivity index (χ3v) is 1.45. The van der Waals surface area contributed by atoms with Gasteiger partial charge < -0.3 is 19.5 Å². The number of para-hydroxylation sites is 2. The minimum Gasteiger partial charge on any atom is -0.486 e. The molecule has 0 atom stereocenters. The van der Waals surface area contributed by atoms with E-state index in [9.17, 15) is 0 Å². The maximum Gasteiger partial charge on any atom is 0.482 e. The van der Waals surface area contributed by atoms with E-state index in [-0.39, 0.29) is 7.69 Å². The topological polar surface area (TPSA) is 58.9 Å². The third-order valence-electron chi connectivity index (χ3n) is 1.45. The van der Waals surface area contributed by atoms with Gasteiger partial charge in [-0.2, -0.15) is 0 Å². The molecule has 1 aromatic carbocycles. The summed E-state index contributed by atoms with van der Waals surface area (Å²) in [7, 11) is 0. The van der Waals surface area contributed by atoms with Gasteiger partial charge in [-0.15, -0.1) is 0 Å². The fourth-order valence-electron chi connectivity index (χ4n) is 0.992. The number of hydrogen-bond acceptors (Lipinski definition) is 4. The zero-order valence-corrected chi connectivity index (χ0v) is 7.01. The monoisotopic (exact) mass is 181 g/mol. The second kappa shape index (κ2) is 5.45. The van der Waals surface area contributed by atoms with Crippen molar-refractivity contribution in [3.63, 3.8) is 0 Å². The van der Waals surface area contributed by atoms with Gasteiger partial charge in [-0.05, 0) is 12.1 Å². The highest BCUT2D eigenvalue weighted by Gasteiger charge is 2.07. The molecule has 5 heteroatoms. The largest absolute Gasteiger partial charge is 0.486 e. The van der Waals surface area contributed by atoms with E-state index in [1.165, 1.54) is 0 Å². The first-order valence-electron chi connectivity index (χ1n) is 3.83. The van der Waals surface area contributed by atoms with Crippen molar-refractivity contribution in [1.29, 1.82) is 0 Å². The Morgan fingerprint density at radius 2 is 1.38 bits per heavy atom. The maximum absolute atomic E-state index is 7.00. The summed E-state index contributed by atoms with van der Waals surface area (Å²) < 4.78 is 10.6. The second-order valence-electron chi connectivity index (χ2n) is 2.26. The molecule has 0 saturated heterocycles. The Balaban J connectivity index is 0.000000251. The van der Waals surface area contributed by atoms with E-state index >= 15 is 0 Å². The maximum atomic E-state index is 7.00. The molecule has 1 aliphatic rings. The van der Waals surface area contributed by atoms with Gasteiger partial charge in [-0.3, -0.25) is 0 Å². The molecule has 13 heavy (non-hydrogen) atoms. The zero-order chi connectivity index (χ0) is 9.52. The Morgan fingerprint density at radius 3 is 1.77 bits per heavy atom. The summed E-state index contributed by atoms with van der Waals surface area (Å²) in [4.78, 5) is 0. The first-order chi connectivity index (χ1) is 6.38. The molecule has 0 spiro atoms. The summed E-state index contributed by atoms with van der Waals surface area (Å²) in [5, 5.41) is 14.0. The minimum atomic E-state index is 0. The van der Waals surface area contributed by atoms with E-state index in [1.807, 2.05) is 24.3 Å². The molecule has 1 heterocycles. The van der Waals surface area contributed by atoms with Crippen molar-refractivity contribution in [1.82, 2.24) is 0 Å². The molecule has 0 aliphatic carbocycles. The van der Waals surface area contributed by atoms with Crippen molar-refractivity contribution in [3.05, 3.63) is 24.3 Å². The summed E-state index contributed by atoms with van der Waals surface area (Å²) >= 11 is 0. The predicted octanol–water partition coefficient (Wildman–Crippen LogP) is -0.0370. The fraction of sp³-hybridized carbons (Fsp3) is 0.250. The Labute approximate surface area is 77.0 Å². The van der Waals surface area contributed by atoms with Gasteiger partial charge in [-0.25, -0.2) is 0 Å². The Bertz CT molecular complexity index is 229. The number of hydrogen-bond donors (Lipinski definition) is 2. The van der Waals surface area contributed by atoms with Gasteiger partial charge >= 0.3 is 7.69 Å². The molecule has 0 amide bonds. The smallest absolute Gasteiger partial charge is 0.482 e. The molecule has 69 valence electrons. The standard InChI is InChI=1S/C8H8O2.BH2O2/c1-2-4-8-7(3-1)9-5-6-10-8;2-1-3/h1-4H,5-6H2;2-3H. The number of fused-ring (bicyclic) bond motifs is 1. The number of rotatable bonds is 0. The van der Waals surface area contributed by atoms with Crippen molar-refractivity contribution >= 4 is 7.69 Å². The Kier molecular flexibility index (Phi) is 4.15. The molecule has 0 saturated carbocycles. The summed E-state index contributed by atoms with van der Waals surface area (Å²) in [6.45, 7) is 1.33. The molecule has 0 aromatic heterocycles. The molecule has 1 aliphatic heterocycles. The lowest BCUT2D eigenvalue weighted by Crippen LogP contribution is -2.14.